The van der Waals surface area contributed by atoms with Crippen LogP contribution < -0.4 is 9.47 Å². The Morgan fingerprint density at radius 3 is 2.76 bits per heavy atom. The van der Waals surface area contributed by atoms with Crippen LogP contribution in [0.1, 0.15) is 29.8 Å². The van der Waals surface area contributed by atoms with Gasteiger partial charge in [0.2, 0.25) is 0 Å². The molecule has 1 heterocycles. The van der Waals surface area contributed by atoms with Crippen LogP contribution in [0.4, 0.5) is 0 Å². The van der Waals surface area contributed by atoms with Crippen molar-refractivity contribution in [3.05, 3.63) is 23.3 Å². The van der Waals surface area contributed by atoms with Gasteiger partial charge < -0.3 is 14.6 Å². The summed E-state index contributed by atoms with van der Waals surface area (Å²) in [4.78, 5) is 10.9. The third kappa shape index (κ3) is 1.86. The first-order valence-electron chi connectivity index (χ1n) is 5.26. The molecule has 0 atom stereocenters. The van der Waals surface area contributed by atoms with Crippen molar-refractivity contribution in [3.63, 3.8) is 0 Å². The number of benzene rings is 1. The number of fused-ring (bicyclic) bond motifs is 1. The lowest BCUT2D eigenvalue weighted by molar-refractivity contribution is 0.111. The number of phenolic OH excluding ortho intramolecular Hbond substituents is 1. The SMILES string of the molecule is COc1c(C=O)c(O)cc2c1C=CC(C)(C)O2. The van der Waals surface area contributed by atoms with Gasteiger partial charge in [0.05, 0.1) is 18.2 Å². The van der Waals surface area contributed by atoms with Crippen LogP contribution >= 0.6 is 0 Å². The number of carbonyl (C=O) groups excluding carboxylic acids is 1. The Morgan fingerprint density at radius 1 is 1.47 bits per heavy atom. The summed E-state index contributed by atoms with van der Waals surface area (Å²) in [7, 11) is 1.45. The van der Waals surface area contributed by atoms with Crippen molar-refractivity contribution >= 4 is 12.4 Å². The fraction of sp³-hybridized carbons (Fsp3) is 0.308. The number of aldehydes is 1. The van der Waals surface area contributed by atoms with Gasteiger partial charge in [-0.05, 0) is 26.0 Å². The van der Waals surface area contributed by atoms with E-state index in [9.17, 15) is 9.90 Å². The average molecular weight is 234 g/mol. The summed E-state index contributed by atoms with van der Waals surface area (Å²) in [6.07, 6.45) is 4.29. The van der Waals surface area contributed by atoms with E-state index in [0.29, 0.717) is 23.3 Å². The maximum absolute atomic E-state index is 10.9. The third-order valence-electron chi connectivity index (χ3n) is 2.64. The van der Waals surface area contributed by atoms with Gasteiger partial charge in [-0.1, -0.05) is 0 Å². The lowest BCUT2D eigenvalue weighted by Crippen LogP contribution is -2.27. The Bertz CT molecular complexity index is 501. The summed E-state index contributed by atoms with van der Waals surface area (Å²) in [5, 5.41) is 9.73. The molecular weight excluding hydrogens is 220 g/mol. The molecule has 0 spiro atoms. The van der Waals surface area contributed by atoms with E-state index in [1.165, 1.54) is 13.2 Å². The number of ether oxygens (including phenoxy) is 2. The molecule has 4 heteroatoms. The number of hydrogen-bond donors (Lipinski definition) is 1. The number of hydrogen-bond acceptors (Lipinski definition) is 4. The molecule has 4 nitrogen and oxygen atoms in total. The zero-order valence-electron chi connectivity index (χ0n) is 9.98. The molecule has 1 aliphatic heterocycles. The standard InChI is InChI=1S/C13H14O4/c1-13(2)5-4-8-11(17-13)6-10(15)9(7-14)12(8)16-3/h4-7,15H,1-3H3. The average Bonchev–Trinajstić information content (AvgIpc) is 2.25. The second kappa shape index (κ2) is 3.80. The summed E-state index contributed by atoms with van der Waals surface area (Å²) in [5.74, 6) is 0.709. The molecule has 17 heavy (non-hydrogen) atoms. The molecule has 1 aromatic carbocycles. The van der Waals surface area contributed by atoms with E-state index in [-0.39, 0.29) is 11.3 Å². The predicted octanol–water partition coefficient (Wildman–Crippen LogP) is 2.40. The lowest BCUT2D eigenvalue weighted by atomic mass is 9.99. The largest absolute Gasteiger partial charge is 0.507 e. The normalized spacial score (nSPS) is 15.9. The molecule has 0 bridgehead atoms. The summed E-state index contributed by atoms with van der Waals surface area (Å²) in [6.45, 7) is 3.81. The quantitative estimate of drug-likeness (QED) is 0.798. The number of rotatable bonds is 2. The van der Waals surface area contributed by atoms with Crippen LogP contribution in [0.5, 0.6) is 17.2 Å². The maximum Gasteiger partial charge on any atom is 0.157 e. The van der Waals surface area contributed by atoms with Crippen molar-refractivity contribution in [1.29, 1.82) is 0 Å². The zero-order valence-corrected chi connectivity index (χ0v) is 9.98. The molecule has 1 N–H and O–H groups in total. The highest BCUT2D eigenvalue weighted by molar-refractivity contribution is 5.88. The first-order chi connectivity index (χ1) is 7.98. The van der Waals surface area contributed by atoms with Gasteiger partial charge in [-0.2, -0.15) is 0 Å². The molecule has 1 aliphatic rings. The van der Waals surface area contributed by atoms with Crippen LogP contribution in [-0.4, -0.2) is 24.1 Å². The molecule has 1 aromatic rings. The van der Waals surface area contributed by atoms with Crippen LogP contribution in [0, 0.1) is 0 Å². The van der Waals surface area contributed by atoms with E-state index >= 15 is 0 Å². The van der Waals surface area contributed by atoms with Crippen molar-refractivity contribution in [2.75, 3.05) is 7.11 Å². The van der Waals surface area contributed by atoms with Gasteiger partial charge in [0.15, 0.2) is 6.29 Å². The van der Waals surface area contributed by atoms with Crippen molar-refractivity contribution < 1.29 is 19.4 Å². The van der Waals surface area contributed by atoms with E-state index in [0.717, 1.165) is 0 Å². The predicted molar refractivity (Wildman–Crippen MR) is 63.8 cm³/mol. The van der Waals surface area contributed by atoms with Crippen LogP contribution in [0.3, 0.4) is 0 Å². The highest BCUT2D eigenvalue weighted by Crippen LogP contribution is 2.42. The first-order valence-corrected chi connectivity index (χ1v) is 5.26. The minimum Gasteiger partial charge on any atom is -0.507 e. The highest BCUT2D eigenvalue weighted by Gasteiger charge is 2.26. The monoisotopic (exact) mass is 234 g/mol. The number of carbonyl (C=O) groups is 1. The molecule has 0 aromatic heterocycles. The molecule has 2 rings (SSSR count). The zero-order chi connectivity index (χ0) is 12.6. The number of phenols is 1. The fourth-order valence-electron chi connectivity index (χ4n) is 1.83. The molecule has 0 aliphatic carbocycles. The van der Waals surface area contributed by atoms with Crippen LogP contribution in [0.15, 0.2) is 12.1 Å². The van der Waals surface area contributed by atoms with Gasteiger partial charge in [-0.3, -0.25) is 4.79 Å². The van der Waals surface area contributed by atoms with E-state index in [2.05, 4.69) is 0 Å². The molecule has 0 radical (unpaired) electrons. The molecule has 0 amide bonds. The Balaban J connectivity index is 2.67. The smallest absolute Gasteiger partial charge is 0.157 e. The first kappa shape index (κ1) is 11.5. The van der Waals surface area contributed by atoms with Gasteiger partial charge in [0.1, 0.15) is 22.8 Å². The van der Waals surface area contributed by atoms with Gasteiger partial charge in [0.25, 0.3) is 0 Å². The van der Waals surface area contributed by atoms with Crippen LogP contribution in [0.2, 0.25) is 0 Å². The molecule has 90 valence electrons. The van der Waals surface area contributed by atoms with Crippen LogP contribution in [0.25, 0.3) is 6.08 Å². The fourth-order valence-corrected chi connectivity index (χ4v) is 1.83. The number of methoxy groups -OCH3 is 1. The minimum atomic E-state index is -0.437. The molecule has 0 unspecified atom stereocenters. The number of aromatic hydroxyl groups is 1. The van der Waals surface area contributed by atoms with Gasteiger partial charge in [-0.15, -0.1) is 0 Å². The van der Waals surface area contributed by atoms with Crippen molar-refractivity contribution in [2.24, 2.45) is 0 Å². The summed E-state index contributed by atoms with van der Waals surface area (Å²) in [6, 6.07) is 1.44. The summed E-state index contributed by atoms with van der Waals surface area (Å²) in [5.41, 5.74) is 0.374. The highest BCUT2D eigenvalue weighted by atomic mass is 16.5. The van der Waals surface area contributed by atoms with Gasteiger partial charge >= 0.3 is 0 Å². The Kier molecular flexibility index (Phi) is 2.58. The van der Waals surface area contributed by atoms with Crippen molar-refractivity contribution in [2.45, 2.75) is 19.4 Å². The van der Waals surface area contributed by atoms with Crippen LogP contribution in [-0.2, 0) is 0 Å². The lowest BCUT2D eigenvalue weighted by Gasteiger charge is -2.29. The van der Waals surface area contributed by atoms with Crippen molar-refractivity contribution in [3.8, 4) is 17.2 Å². The minimum absolute atomic E-state index is 0.137. The molecular formula is C13H14O4. The van der Waals surface area contributed by atoms with E-state index in [1.807, 2.05) is 26.0 Å². The Morgan fingerprint density at radius 2 is 2.18 bits per heavy atom. The molecule has 0 fully saturated rings. The Hall–Kier alpha value is -1.97. The van der Waals surface area contributed by atoms with E-state index in [4.69, 9.17) is 9.47 Å². The molecule has 0 saturated heterocycles. The summed E-state index contributed by atoms with van der Waals surface area (Å²) >= 11 is 0. The van der Waals surface area contributed by atoms with Gasteiger partial charge in [-0.25, -0.2) is 0 Å². The van der Waals surface area contributed by atoms with Crippen molar-refractivity contribution in [1.82, 2.24) is 0 Å². The second-order valence-corrected chi connectivity index (χ2v) is 4.41. The topological polar surface area (TPSA) is 55.8 Å². The second-order valence-electron chi connectivity index (χ2n) is 4.41. The van der Waals surface area contributed by atoms with E-state index in [1.54, 1.807) is 0 Å². The summed E-state index contributed by atoms with van der Waals surface area (Å²) < 4.78 is 10.9. The Labute approximate surface area is 99.5 Å². The molecule has 0 saturated carbocycles. The van der Waals surface area contributed by atoms with E-state index < -0.39 is 5.60 Å². The maximum atomic E-state index is 10.9. The third-order valence-corrected chi connectivity index (χ3v) is 2.64. The van der Waals surface area contributed by atoms with Gasteiger partial charge in [0, 0.05) is 6.07 Å².